The maximum absolute atomic E-state index is 12.7. The molecule has 0 unspecified atom stereocenters. The van der Waals surface area contributed by atoms with E-state index in [1.54, 1.807) is 35.2 Å². The number of carbonyl (C=O) groups is 2. The molecule has 2 amide bonds. The molecule has 2 fully saturated rings. The number of nitrogens with one attached hydrogen (secondary N) is 1. The second-order valence-corrected chi connectivity index (χ2v) is 9.58. The van der Waals surface area contributed by atoms with Gasteiger partial charge in [-0.3, -0.25) is 9.59 Å². The van der Waals surface area contributed by atoms with Gasteiger partial charge in [-0.15, -0.1) is 0 Å². The molecule has 2 aliphatic heterocycles. The number of benzene rings is 2. The molecule has 2 heterocycles. The molecule has 2 aromatic rings. The Hall–Kier alpha value is -2.71. The summed E-state index contributed by atoms with van der Waals surface area (Å²) in [4.78, 5) is 26.5. The van der Waals surface area contributed by atoms with Gasteiger partial charge in [0.15, 0.2) is 0 Å². The molecule has 0 spiro atoms. The number of hydrogen-bond acceptors (Lipinski definition) is 4. The van der Waals surface area contributed by atoms with Crippen molar-refractivity contribution in [1.29, 1.82) is 0 Å². The molecular formula is C22H25N3O4S. The summed E-state index contributed by atoms with van der Waals surface area (Å²) in [6.07, 6.45) is 4.18. The van der Waals surface area contributed by atoms with E-state index in [-0.39, 0.29) is 16.7 Å². The predicted molar refractivity (Wildman–Crippen MR) is 115 cm³/mol. The van der Waals surface area contributed by atoms with Crippen molar-refractivity contribution in [3.8, 4) is 0 Å². The second-order valence-electron chi connectivity index (χ2n) is 7.64. The zero-order chi connectivity index (χ0) is 21.1. The molecule has 7 nitrogen and oxygen atoms in total. The number of piperidine rings is 1. The fraction of sp³-hybridized carbons (Fsp3) is 0.364. The highest BCUT2D eigenvalue weighted by atomic mass is 32.2. The first-order valence-electron chi connectivity index (χ1n) is 10.3. The highest BCUT2D eigenvalue weighted by Gasteiger charge is 2.26. The topological polar surface area (TPSA) is 86.8 Å². The molecule has 1 N–H and O–H groups in total. The lowest BCUT2D eigenvalue weighted by atomic mass is 10.1. The van der Waals surface area contributed by atoms with Gasteiger partial charge in [0.1, 0.15) is 0 Å². The predicted octanol–water partition coefficient (Wildman–Crippen LogP) is 3.24. The van der Waals surface area contributed by atoms with Gasteiger partial charge in [0.2, 0.25) is 15.9 Å². The van der Waals surface area contributed by atoms with Gasteiger partial charge < -0.3 is 10.2 Å². The number of nitrogens with zero attached hydrogens (tertiary/aromatic N) is 2. The molecule has 0 saturated carbocycles. The largest absolute Gasteiger partial charge is 0.322 e. The van der Waals surface area contributed by atoms with Gasteiger partial charge in [0.25, 0.3) is 5.91 Å². The van der Waals surface area contributed by atoms with Crippen molar-refractivity contribution in [1.82, 2.24) is 4.31 Å². The lowest BCUT2D eigenvalue weighted by Crippen LogP contribution is -2.35. The van der Waals surface area contributed by atoms with Crippen molar-refractivity contribution in [2.24, 2.45) is 0 Å². The lowest BCUT2D eigenvalue weighted by Gasteiger charge is -2.25. The number of carbonyl (C=O) groups excluding carboxylic acids is 2. The van der Waals surface area contributed by atoms with Crippen LogP contribution < -0.4 is 10.2 Å². The molecule has 0 radical (unpaired) electrons. The zero-order valence-electron chi connectivity index (χ0n) is 16.7. The van der Waals surface area contributed by atoms with Gasteiger partial charge in [-0.1, -0.05) is 12.5 Å². The molecule has 2 aliphatic rings. The quantitative estimate of drug-likeness (QED) is 0.794. The van der Waals surface area contributed by atoms with Gasteiger partial charge in [-0.2, -0.15) is 4.31 Å². The maximum Gasteiger partial charge on any atom is 0.255 e. The summed E-state index contributed by atoms with van der Waals surface area (Å²) >= 11 is 0. The van der Waals surface area contributed by atoms with Crippen LogP contribution >= 0.6 is 0 Å². The molecule has 30 heavy (non-hydrogen) atoms. The van der Waals surface area contributed by atoms with Crippen LogP contribution in [0, 0.1) is 0 Å². The third-order valence-corrected chi connectivity index (χ3v) is 7.47. The van der Waals surface area contributed by atoms with Crippen molar-refractivity contribution >= 4 is 33.2 Å². The third-order valence-electron chi connectivity index (χ3n) is 5.56. The summed E-state index contributed by atoms with van der Waals surface area (Å²) in [5.74, 6) is -0.242. The Bertz CT molecular complexity index is 1040. The van der Waals surface area contributed by atoms with Crippen LogP contribution in [0.4, 0.5) is 11.4 Å². The molecule has 4 rings (SSSR count). The van der Waals surface area contributed by atoms with Gasteiger partial charge in [0, 0.05) is 43.0 Å². The number of anilines is 2. The molecule has 8 heteroatoms. The molecule has 2 saturated heterocycles. The summed E-state index contributed by atoms with van der Waals surface area (Å²) in [6, 6.07) is 13.2. The minimum Gasteiger partial charge on any atom is -0.322 e. The monoisotopic (exact) mass is 427 g/mol. The Labute approximate surface area is 176 Å². The average Bonchev–Trinajstić information content (AvgIpc) is 3.21. The van der Waals surface area contributed by atoms with Crippen molar-refractivity contribution in [3.05, 3.63) is 54.1 Å². The van der Waals surface area contributed by atoms with E-state index in [1.165, 1.54) is 16.4 Å². The summed E-state index contributed by atoms with van der Waals surface area (Å²) in [7, 11) is -3.50. The van der Waals surface area contributed by atoms with Crippen LogP contribution in [-0.2, 0) is 14.8 Å². The van der Waals surface area contributed by atoms with Gasteiger partial charge in [0.05, 0.1) is 4.90 Å². The van der Waals surface area contributed by atoms with E-state index < -0.39 is 10.0 Å². The van der Waals surface area contributed by atoms with Crippen molar-refractivity contribution in [3.63, 3.8) is 0 Å². The molecule has 0 aliphatic carbocycles. The van der Waals surface area contributed by atoms with E-state index in [0.717, 1.165) is 25.7 Å². The van der Waals surface area contributed by atoms with Crippen LogP contribution in [0.3, 0.4) is 0 Å². The molecular weight excluding hydrogens is 402 g/mol. The molecule has 158 valence electrons. The fourth-order valence-corrected chi connectivity index (χ4v) is 5.42. The first kappa shape index (κ1) is 20.6. The first-order valence-corrected chi connectivity index (χ1v) is 11.7. The Morgan fingerprint density at radius 3 is 2.30 bits per heavy atom. The SMILES string of the molecule is O=C(Nc1ccc(S(=O)(=O)N2CCCCC2)cc1)c1cccc(N2CCCC2=O)c1. The minimum absolute atomic E-state index is 0.0676. The van der Waals surface area contributed by atoms with E-state index in [0.29, 0.717) is 43.0 Å². The molecule has 0 bridgehead atoms. The Morgan fingerprint density at radius 2 is 1.63 bits per heavy atom. The van der Waals surface area contributed by atoms with Gasteiger partial charge >= 0.3 is 0 Å². The van der Waals surface area contributed by atoms with Crippen LogP contribution in [0.25, 0.3) is 0 Å². The smallest absolute Gasteiger partial charge is 0.255 e. The van der Waals surface area contributed by atoms with E-state index in [2.05, 4.69) is 5.32 Å². The standard InChI is InChI=1S/C22H25N3O4S/c26-21-8-5-15-25(21)19-7-4-6-17(16-19)22(27)23-18-9-11-20(12-10-18)30(28,29)24-13-2-1-3-14-24/h4,6-7,9-12,16H,1-3,5,8,13-15H2,(H,23,27). The highest BCUT2D eigenvalue weighted by molar-refractivity contribution is 7.89. The Balaban J connectivity index is 1.46. The first-order chi connectivity index (χ1) is 14.4. The Morgan fingerprint density at radius 1 is 0.900 bits per heavy atom. The number of sulfonamides is 1. The van der Waals surface area contributed by atoms with E-state index in [1.807, 2.05) is 6.07 Å². The number of hydrogen-bond donors (Lipinski definition) is 1. The van der Waals surface area contributed by atoms with Gasteiger partial charge in [-0.05, 0) is 61.7 Å². The van der Waals surface area contributed by atoms with Crippen LogP contribution in [0.15, 0.2) is 53.4 Å². The van der Waals surface area contributed by atoms with Crippen molar-refractivity contribution in [2.75, 3.05) is 29.9 Å². The molecule has 0 atom stereocenters. The zero-order valence-corrected chi connectivity index (χ0v) is 17.5. The molecule has 0 aromatic heterocycles. The van der Waals surface area contributed by atoms with E-state index in [9.17, 15) is 18.0 Å². The van der Waals surface area contributed by atoms with Crippen molar-refractivity contribution in [2.45, 2.75) is 37.0 Å². The number of rotatable bonds is 5. The van der Waals surface area contributed by atoms with Crippen LogP contribution in [-0.4, -0.2) is 44.2 Å². The third kappa shape index (κ3) is 4.24. The van der Waals surface area contributed by atoms with E-state index >= 15 is 0 Å². The minimum atomic E-state index is -3.50. The van der Waals surface area contributed by atoms with Crippen molar-refractivity contribution < 1.29 is 18.0 Å². The summed E-state index contributed by atoms with van der Waals surface area (Å²) in [6.45, 7) is 1.77. The van der Waals surface area contributed by atoms with Crippen LogP contribution in [0.1, 0.15) is 42.5 Å². The normalized spacial score (nSPS) is 17.9. The van der Waals surface area contributed by atoms with E-state index in [4.69, 9.17) is 0 Å². The highest BCUT2D eigenvalue weighted by Crippen LogP contribution is 2.24. The summed E-state index contributed by atoms with van der Waals surface area (Å²) < 4.78 is 27.0. The Kier molecular flexibility index (Phi) is 5.87. The maximum atomic E-state index is 12.7. The molecule has 2 aromatic carbocycles. The number of amides is 2. The van der Waals surface area contributed by atoms with Crippen LogP contribution in [0.5, 0.6) is 0 Å². The second kappa shape index (κ2) is 8.57. The van der Waals surface area contributed by atoms with Crippen LogP contribution in [0.2, 0.25) is 0 Å². The average molecular weight is 428 g/mol. The summed E-state index contributed by atoms with van der Waals surface area (Å²) in [5.41, 5.74) is 1.67. The fourth-order valence-electron chi connectivity index (χ4n) is 3.90. The summed E-state index contributed by atoms with van der Waals surface area (Å²) in [5, 5.41) is 2.79. The lowest BCUT2D eigenvalue weighted by molar-refractivity contribution is -0.117. The van der Waals surface area contributed by atoms with Gasteiger partial charge in [-0.25, -0.2) is 8.42 Å².